The fourth-order valence-electron chi connectivity index (χ4n) is 2.78. The maximum Gasteiger partial charge on any atom is 0.187 e. The topological polar surface area (TPSA) is 36.3 Å². The molecular weight excluding hydrogens is 288 g/mol. The van der Waals surface area contributed by atoms with Crippen LogP contribution in [0.5, 0.6) is 0 Å². The highest BCUT2D eigenvalue weighted by atomic mass is 35.5. The molecule has 2 aromatic rings. The monoisotopic (exact) mass is 306 g/mol. The Hall–Kier alpha value is -1.36. The zero-order chi connectivity index (χ0) is 14.9. The van der Waals surface area contributed by atoms with Crippen LogP contribution in [0.4, 0.5) is 0 Å². The molecule has 0 spiro atoms. The molecule has 0 saturated carbocycles. The lowest BCUT2D eigenvalue weighted by Crippen LogP contribution is -2.37. The normalized spacial score (nSPS) is 28.9. The van der Waals surface area contributed by atoms with E-state index in [0.29, 0.717) is 18.2 Å². The molecule has 5 heteroatoms. The molecule has 0 bridgehead atoms. The van der Waals surface area contributed by atoms with Gasteiger partial charge in [-0.2, -0.15) is 0 Å². The molecule has 1 saturated heterocycles. The third-order valence-electron chi connectivity index (χ3n) is 3.99. The average Bonchev–Trinajstić information content (AvgIpc) is 3.09. The molecule has 2 unspecified atom stereocenters. The molecule has 0 radical (unpaired) electrons. The minimum Gasteiger partial charge on any atom is -0.345 e. The maximum absolute atomic E-state index is 6.37. The summed E-state index contributed by atoms with van der Waals surface area (Å²) in [6, 6.07) is 7.77. The van der Waals surface area contributed by atoms with Crippen molar-refractivity contribution in [3.8, 4) is 0 Å². The van der Waals surface area contributed by atoms with Crippen LogP contribution in [0.1, 0.15) is 25.8 Å². The Morgan fingerprint density at radius 2 is 2.19 bits per heavy atom. The Bertz CT molecular complexity index is 616. The van der Waals surface area contributed by atoms with Gasteiger partial charge in [-0.05, 0) is 13.0 Å². The zero-order valence-electron chi connectivity index (χ0n) is 12.3. The van der Waals surface area contributed by atoms with Gasteiger partial charge in [-0.1, -0.05) is 36.7 Å². The fraction of sp³-hybridized carbons (Fsp3) is 0.438. The van der Waals surface area contributed by atoms with E-state index in [9.17, 15) is 0 Å². The van der Waals surface area contributed by atoms with Crippen molar-refractivity contribution in [3.05, 3.63) is 53.6 Å². The molecular formula is C16H19ClN2O2. The largest absolute Gasteiger partial charge is 0.345 e. The summed E-state index contributed by atoms with van der Waals surface area (Å²) >= 11 is 6.32. The second-order valence-corrected chi connectivity index (χ2v) is 6.01. The second-order valence-electron chi connectivity index (χ2n) is 5.60. The molecule has 2 heterocycles. The van der Waals surface area contributed by atoms with Crippen molar-refractivity contribution in [1.82, 2.24) is 9.55 Å². The number of hydrogen-bond donors (Lipinski definition) is 0. The van der Waals surface area contributed by atoms with Crippen LogP contribution in [0.2, 0.25) is 5.02 Å². The first-order valence-corrected chi connectivity index (χ1v) is 7.50. The number of halogens is 1. The molecule has 1 aliphatic heterocycles. The molecule has 0 amide bonds. The smallest absolute Gasteiger partial charge is 0.187 e. The number of aromatic nitrogens is 2. The van der Waals surface area contributed by atoms with E-state index in [-0.39, 0.29) is 0 Å². The molecule has 1 aromatic heterocycles. The van der Waals surface area contributed by atoms with Crippen LogP contribution in [0, 0.1) is 0 Å². The molecule has 112 valence electrons. The van der Waals surface area contributed by atoms with Gasteiger partial charge in [0.15, 0.2) is 5.79 Å². The molecule has 1 aliphatic rings. The van der Waals surface area contributed by atoms with Crippen LogP contribution in [0.15, 0.2) is 43.0 Å². The van der Waals surface area contributed by atoms with Crippen LogP contribution in [0.3, 0.4) is 0 Å². The predicted octanol–water partition coefficient (Wildman–Crippen LogP) is 3.61. The van der Waals surface area contributed by atoms with Crippen molar-refractivity contribution in [2.75, 3.05) is 6.61 Å². The molecule has 1 aromatic carbocycles. The zero-order valence-corrected chi connectivity index (χ0v) is 13.0. The second kappa shape index (κ2) is 5.44. The highest BCUT2D eigenvalue weighted by Gasteiger charge is 2.48. The van der Waals surface area contributed by atoms with Gasteiger partial charge in [0.1, 0.15) is 5.60 Å². The van der Waals surface area contributed by atoms with Gasteiger partial charge in [0.2, 0.25) is 0 Å². The Morgan fingerprint density at radius 1 is 1.38 bits per heavy atom. The number of benzene rings is 1. The summed E-state index contributed by atoms with van der Waals surface area (Å²) in [7, 11) is 0. The number of nitrogens with zero attached hydrogens (tertiary/aromatic N) is 2. The van der Waals surface area contributed by atoms with Crippen LogP contribution in [-0.4, -0.2) is 21.9 Å². The predicted molar refractivity (Wildman–Crippen MR) is 81.1 cm³/mol. The van der Waals surface area contributed by atoms with E-state index >= 15 is 0 Å². The third kappa shape index (κ3) is 2.71. The molecule has 2 atom stereocenters. The number of rotatable bonds is 4. The van der Waals surface area contributed by atoms with E-state index in [1.165, 1.54) is 0 Å². The molecule has 3 rings (SSSR count). The SMILES string of the molecule is CCC1(Cn2ccnc2)OCC(C)(c2ccccc2Cl)O1. The van der Waals surface area contributed by atoms with E-state index in [4.69, 9.17) is 21.1 Å². The summed E-state index contributed by atoms with van der Waals surface area (Å²) in [4.78, 5) is 4.07. The van der Waals surface area contributed by atoms with Gasteiger partial charge in [0.05, 0.1) is 19.5 Å². The minimum absolute atomic E-state index is 0.485. The molecule has 4 nitrogen and oxygen atoms in total. The lowest BCUT2D eigenvalue weighted by atomic mass is 9.97. The first-order chi connectivity index (χ1) is 10.1. The Kier molecular flexibility index (Phi) is 3.78. The summed E-state index contributed by atoms with van der Waals surface area (Å²) in [6.07, 6.45) is 6.20. The van der Waals surface area contributed by atoms with Crippen LogP contribution >= 0.6 is 11.6 Å². The quantitative estimate of drug-likeness (QED) is 0.866. The van der Waals surface area contributed by atoms with E-state index in [1.807, 2.05) is 42.0 Å². The number of hydrogen-bond acceptors (Lipinski definition) is 3. The maximum atomic E-state index is 6.37. The standard InChI is InChI=1S/C16H19ClN2O2/c1-3-16(10-19-9-8-18-12-19)20-11-15(2,21-16)13-6-4-5-7-14(13)17/h4-9,12H,3,10-11H2,1-2H3. The van der Waals surface area contributed by atoms with Crippen molar-refractivity contribution in [3.63, 3.8) is 0 Å². The first-order valence-electron chi connectivity index (χ1n) is 7.12. The van der Waals surface area contributed by atoms with E-state index < -0.39 is 11.4 Å². The molecule has 0 aliphatic carbocycles. The Balaban J connectivity index is 1.87. The summed E-state index contributed by atoms with van der Waals surface area (Å²) in [6.45, 7) is 5.19. The summed E-state index contributed by atoms with van der Waals surface area (Å²) in [5.74, 6) is -0.644. The average molecular weight is 307 g/mol. The molecule has 1 fully saturated rings. The van der Waals surface area contributed by atoms with Gasteiger partial charge in [-0.15, -0.1) is 0 Å². The number of imidazole rings is 1. The molecule has 21 heavy (non-hydrogen) atoms. The van der Waals surface area contributed by atoms with Crippen molar-refractivity contribution in [2.24, 2.45) is 0 Å². The van der Waals surface area contributed by atoms with Gasteiger partial charge < -0.3 is 14.0 Å². The van der Waals surface area contributed by atoms with Gasteiger partial charge in [0.25, 0.3) is 0 Å². The van der Waals surface area contributed by atoms with Crippen molar-refractivity contribution in [1.29, 1.82) is 0 Å². The highest BCUT2D eigenvalue weighted by molar-refractivity contribution is 6.31. The summed E-state index contributed by atoms with van der Waals surface area (Å²) in [5, 5.41) is 0.707. The molecule has 0 N–H and O–H groups in total. The Labute approximate surface area is 129 Å². The van der Waals surface area contributed by atoms with E-state index in [1.54, 1.807) is 12.5 Å². The lowest BCUT2D eigenvalue weighted by Gasteiger charge is -2.31. The first kappa shape index (κ1) is 14.6. The van der Waals surface area contributed by atoms with Crippen molar-refractivity contribution < 1.29 is 9.47 Å². The minimum atomic E-state index is -0.644. The van der Waals surface area contributed by atoms with Crippen LogP contribution in [0.25, 0.3) is 0 Å². The van der Waals surface area contributed by atoms with Crippen LogP contribution < -0.4 is 0 Å². The fourth-order valence-corrected chi connectivity index (χ4v) is 3.12. The highest BCUT2D eigenvalue weighted by Crippen LogP contribution is 2.43. The van der Waals surface area contributed by atoms with E-state index in [2.05, 4.69) is 11.9 Å². The van der Waals surface area contributed by atoms with Crippen LogP contribution in [-0.2, 0) is 21.6 Å². The Morgan fingerprint density at radius 3 is 2.86 bits per heavy atom. The summed E-state index contributed by atoms with van der Waals surface area (Å²) < 4.78 is 14.4. The van der Waals surface area contributed by atoms with Gasteiger partial charge in [-0.3, -0.25) is 0 Å². The van der Waals surface area contributed by atoms with Gasteiger partial charge in [-0.25, -0.2) is 4.98 Å². The third-order valence-corrected chi connectivity index (χ3v) is 4.32. The van der Waals surface area contributed by atoms with Gasteiger partial charge in [0, 0.05) is 29.4 Å². The summed E-state index contributed by atoms with van der Waals surface area (Å²) in [5.41, 5.74) is 0.433. The van der Waals surface area contributed by atoms with Crippen molar-refractivity contribution >= 4 is 11.6 Å². The van der Waals surface area contributed by atoms with Crippen molar-refractivity contribution in [2.45, 2.75) is 38.2 Å². The van der Waals surface area contributed by atoms with Gasteiger partial charge >= 0.3 is 0 Å². The number of ether oxygens (including phenoxy) is 2. The van der Waals surface area contributed by atoms with E-state index in [0.717, 1.165) is 12.0 Å². The lowest BCUT2D eigenvalue weighted by molar-refractivity contribution is -0.197.